The van der Waals surface area contributed by atoms with Crippen molar-refractivity contribution >= 4 is 11.8 Å². The molecule has 0 amide bonds. The lowest BCUT2D eigenvalue weighted by Crippen LogP contribution is -2.31. The Morgan fingerprint density at radius 3 is 2.33 bits per heavy atom. The van der Waals surface area contributed by atoms with Crippen LogP contribution in [0.5, 0.6) is 0 Å². The quantitative estimate of drug-likeness (QED) is 0.639. The minimum Gasteiger partial charge on any atom is -0.393 e. The van der Waals surface area contributed by atoms with E-state index in [0.29, 0.717) is 0 Å². The molecule has 0 aliphatic heterocycles. The Balaban J connectivity index is 2.04. The molecular weight excluding hydrogens is 132 g/mol. The van der Waals surface area contributed by atoms with Gasteiger partial charge in [0.2, 0.25) is 0 Å². The molecule has 0 bridgehead atoms. The first kappa shape index (κ1) is 7.42. The highest BCUT2D eigenvalue weighted by Gasteiger charge is 2.27. The number of hydrogen-bond donors (Lipinski definition) is 1. The van der Waals surface area contributed by atoms with Crippen LogP contribution >= 0.6 is 11.8 Å². The summed E-state index contributed by atoms with van der Waals surface area (Å²) in [5.41, 5.74) is 0. The van der Waals surface area contributed by atoms with Gasteiger partial charge in [-0.05, 0) is 18.1 Å². The molecule has 2 heteroatoms. The van der Waals surface area contributed by atoms with Gasteiger partial charge in [-0.2, -0.15) is 11.8 Å². The molecule has 1 nitrogen and oxygen atoms in total. The van der Waals surface area contributed by atoms with Crippen molar-refractivity contribution in [3.05, 3.63) is 0 Å². The molecule has 0 atom stereocenters. The summed E-state index contributed by atoms with van der Waals surface area (Å²) in [5.74, 6) is 0. The molecule has 1 fully saturated rings. The van der Waals surface area contributed by atoms with E-state index in [4.69, 9.17) is 5.11 Å². The minimum absolute atomic E-state index is 0.0150. The second kappa shape index (κ2) is 2.93. The number of thioether (sulfide) groups is 1. The Hall–Kier alpha value is 0.310. The molecule has 0 saturated heterocycles. The van der Waals surface area contributed by atoms with Crippen LogP contribution < -0.4 is 0 Å². The van der Waals surface area contributed by atoms with Crippen LogP contribution in [0.2, 0.25) is 0 Å². The van der Waals surface area contributed by atoms with E-state index in [1.54, 1.807) is 0 Å². The molecule has 0 spiro atoms. The maximum Gasteiger partial charge on any atom is 0.0561 e. The molecule has 1 rings (SSSR count). The molecule has 0 aromatic rings. The monoisotopic (exact) mass is 146 g/mol. The van der Waals surface area contributed by atoms with E-state index in [1.807, 2.05) is 11.8 Å². The van der Waals surface area contributed by atoms with Crippen LogP contribution in [0.25, 0.3) is 0 Å². The molecule has 1 N–H and O–H groups in total. The maximum absolute atomic E-state index is 8.92. The summed E-state index contributed by atoms with van der Waals surface area (Å²) in [6, 6.07) is 0. The van der Waals surface area contributed by atoms with Gasteiger partial charge in [-0.3, -0.25) is 0 Å². The van der Waals surface area contributed by atoms with E-state index in [-0.39, 0.29) is 6.10 Å². The molecule has 0 radical (unpaired) electrons. The van der Waals surface area contributed by atoms with Crippen molar-refractivity contribution in [2.75, 3.05) is 0 Å². The van der Waals surface area contributed by atoms with E-state index in [1.165, 1.54) is 0 Å². The minimum atomic E-state index is 0.0150. The summed E-state index contributed by atoms with van der Waals surface area (Å²) in [7, 11) is 0. The van der Waals surface area contributed by atoms with E-state index >= 15 is 0 Å². The summed E-state index contributed by atoms with van der Waals surface area (Å²) in [6.07, 6.45) is 2.05. The zero-order valence-corrected chi connectivity index (χ0v) is 6.82. The van der Waals surface area contributed by atoms with Crippen molar-refractivity contribution in [2.24, 2.45) is 0 Å². The topological polar surface area (TPSA) is 20.2 Å². The van der Waals surface area contributed by atoms with Gasteiger partial charge in [-0.25, -0.2) is 0 Å². The van der Waals surface area contributed by atoms with Crippen molar-refractivity contribution in [1.82, 2.24) is 0 Å². The predicted molar refractivity (Wildman–Crippen MR) is 41.8 cm³/mol. The summed E-state index contributed by atoms with van der Waals surface area (Å²) in [4.78, 5) is 0. The van der Waals surface area contributed by atoms with Crippen molar-refractivity contribution in [1.29, 1.82) is 0 Å². The number of rotatable bonds is 2. The third-order valence-electron chi connectivity index (χ3n) is 1.53. The van der Waals surface area contributed by atoms with E-state index in [0.717, 1.165) is 23.3 Å². The van der Waals surface area contributed by atoms with Gasteiger partial charge in [0.25, 0.3) is 0 Å². The third-order valence-corrected chi connectivity index (χ3v) is 2.85. The zero-order chi connectivity index (χ0) is 6.85. The molecule has 0 aromatic carbocycles. The van der Waals surface area contributed by atoms with Crippen LogP contribution in [0.15, 0.2) is 0 Å². The van der Waals surface area contributed by atoms with Gasteiger partial charge in [0.15, 0.2) is 0 Å². The van der Waals surface area contributed by atoms with Crippen molar-refractivity contribution in [2.45, 2.75) is 43.3 Å². The number of aliphatic hydroxyl groups is 1. The van der Waals surface area contributed by atoms with Crippen molar-refractivity contribution in [3.8, 4) is 0 Å². The molecule has 54 valence electrons. The predicted octanol–water partition coefficient (Wildman–Crippen LogP) is 1.65. The highest BCUT2D eigenvalue weighted by Crippen LogP contribution is 2.33. The highest BCUT2D eigenvalue weighted by atomic mass is 32.2. The van der Waals surface area contributed by atoms with Crippen LogP contribution in [-0.4, -0.2) is 21.7 Å². The van der Waals surface area contributed by atoms with Gasteiger partial charge in [0.1, 0.15) is 0 Å². The van der Waals surface area contributed by atoms with Gasteiger partial charge < -0.3 is 5.11 Å². The number of aliphatic hydroxyl groups excluding tert-OH is 1. The Labute approximate surface area is 60.8 Å². The average Bonchev–Trinajstić information content (AvgIpc) is 1.60. The summed E-state index contributed by atoms with van der Waals surface area (Å²) in [5, 5.41) is 10.4. The first-order valence-corrected chi connectivity index (χ1v) is 4.46. The fraction of sp³-hybridized carbons (Fsp3) is 1.00. The molecule has 9 heavy (non-hydrogen) atoms. The van der Waals surface area contributed by atoms with E-state index in [2.05, 4.69) is 13.8 Å². The molecule has 0 unspecified atom stereocenters. The third kappa shape index (κ3) is 2.18. The molecule has 0 aromatic heterocycles. The zero-order valence-electron chi connectivity index (χ0n) is 6.00. The van der Waals surface area contributed by atoms with Gasteiger partial charge in [-0.1, -0.05) is 13.8 Å². The van der Waals surface area contributed by atoms with Crippen LogP contribution in [0.3, 0.4) is 0 Å². The highest BCUT2D eigenvalue weighted by molar-refractivity contribution is 8.00. The van der Waals surface area contributed by atoms with Gasteiger partial charge in [0.05, 0.1) is 6.10 Å². The van der Waals surface area contributed by atoms with Crippen LogP contribution in [-0.2, 0) is 0 Å². The lowest BCUT2D eigenvalue weighted by Gasteiger charge is -2.31. The maximum atomic E-state index is 8.92. The second-order valence-electron chi connectivity index (χ2n) is 2.93. The molecule has 0 heterocycles. The summed E-state index contributed by atoms with van der Waals surface area (Å²) >= 11 is 1.98. The van der Waals surface area contributed by atoms with Crippen LogP contribution in [0.4, 0.5) is 0 Å². The van der Waals surface area contributed by atoms with Crippen molar-refractivity contribution < 1.29 is 5.11 Å². The van der Waals surface area contributed by atoms with Gasteiger partial charge in [-0.15, -0.1) is 0 Å². The standard InChI is InChI=1S/C7H14OS/c1-5(2)9-7-3-6(8)4-7/h5-8H,3-4H2,1-2H3. The second-order valence-corrected chi connectivity index (χ2v) is 4.81. The Kier molecular flexibility index (Phi) is 2.42. The largest absolute Gasteiger partial charge is 0.393 e. The van der Waals surface area contributed by atoms with Gasteiger partial charge in [0, 0.05) is 5.25 Å². The first-order valence-electron chi connectivity index (χ1n) is 3.52. The molecular formula is C7H14OS. The van der Waals surface area contributed by atoms with E-state index < -0.39 is 0 Å². The fourth-order valence-corrected chi connectivity index (χ4v) is 2.47. The Bertz CT molecular complexity index is 86.9. The molecule has 1 aliphatic carbocycles. The molecule has 1 aliphatic rings. The van der Waals surface area contributed by atoms with E-state index in [9.17, 15) is 0 Å². The SMILES string of the molecule is CC(C)SC1CC(O)C1. The van der Waals surface area contributed by atoms with Crippen LogP contribution in [0, 0.1) is 0 Å². The summed E-state index contributed by atoms with van der Waals surface area (Å²) < 4.78 is 0. The number of hydrogen-bond acceptors (Lipinski definition) is 2. The smallest absolute Gasteiger partial charge is 0.0561 e. The Morgan fingerprint density at radius 2 is 2.00 bits per heavy atom. The normalized spacial score (nSPS) is 34.7. The lowest BCUT2D eigenvalue weighted by atomic mass is 9.96. The summed E-state index contributed by atoms with van der Waals surface area (Å²) in [6.45, 7) is 4.41. The average molecular weight is 146 g/mol. The van der Waals surface area contributed by atoms with Gasteiger partial charge >= 0.3 is 0 Å². The fourth-order valence-electron chi connectivity index (χ4n) is 1.03. The van der Waals surface area contributed by atoms with Crippen molar-refractivity contribution in [3.63, 3.8) is 0 Å². The van der Waals surface area contributed by atoms with Crippen LogP contribution in [0.1, 0.15) is 26.7 Å². The Morgan fingerprint density at radius 1 is 1.44 bits per heavy atom. The molecule has 1 saturated carbocycles. The first-order chi connectivity index (χ1) is 4.18. The lowest BCUT2D eigenvalue weighted by molar-refractivity contribution is 0.101.